The average Bonchev–Trinajstić information content (AvgIpc) is 2.60. The van der Waals surface area contributed by atoms with Gasteiger partial charge in [0.2, 0.25) is 0 Å². The van der Waals surface area contributed by atoms with Crippen LogP contribution in [0.15, 0.2) is 0 Å². The molecule has 0 aromatic carbocycles. The second kappa shape index (κ2) is 5.36. The zero-order valence-corrected chi connectivity index (χ0v) is 11.6. The summed E-state index contributed by atoms with van der Waals surface area (Å²) in [6, 6.07) is 0.358. The molecule has 17 heavy (non-hydrogen) atoms. The van der Waals surface area contributed by atoms with E-state index in [1.54, 1.807) is 7.11 Å². The van der Waals surface area contributed by atoms with Crippen LogP contribution in [0.4, 0.5) is 0 Å². The molecule has 0 spiro atoms. The first kappa shape index (κ1) is 14.5. The second-order valence-corrected chi connectivity index (χ2v) is 5.89. The monoisotopic (exact) mass is 243 g/mol. The zero-order valence-electron chi connectivity index (χ0n) is 11.6. The molecule has 4 heteroatoms. The second-order valence-electron chi connectivity index (χ2n) is 5.89. The van der Waals surface area contributed by atoms with Gasteiger partial charge in [0.05, 0.1) is 11.5 Å². The molecule has 0 bridgehead atoms. The third-order valence-electron chi connectivity index (χ3n) is 3.92. The quantitative estimate of drug-likeness (QED) is 0.800. The van der Waals surface area contributed by atoms with E-state index in [1.165, 1.54) is 0 Å². The Morgan fingerprint density at radius 2 is 2.12 bits per heavy atom. The SMILES string of the molecule is COC(C)(C)CC(C)N1C[C@@H](C)[C@H](C(=O)O)C1. The van der Waals surface area contributed by atoms with Gasteiger partial charge in [0.15, 0.2) is 0 Å². The Hall–Kier alpha value is -0.610. The Morgan fingerprint density at radius 1 is 1.53 bits per heavy atom. The average molecular weight is 243 g/mol. The van der Waals surface area contributed by atoms with Gasteiger partial charge in [-0.25, -0.2) is 0 Å². The number of hydrogen-bond donors (Lipinski definition) is 1. The molecule has 0 aromatic heterocycles. The lowest BCUT2D eigenvalue weighted by atomic mass is 9.99. The highest BCUT2D eigenvalue weighted by atomic mass is 16.5. The summed E-state index contributed by atoms with van der Waals surface area (Å²) >= 11 is 0. The molecular weight excluding hydrogens is 218 g/mol. The summed E-state index contributed by atoms with van der Waals surface area (Å²) in [5.74, 6) is -0.651. The number of carboxylic acid groups (broad SMARTS) is 1. The van der Waals surface area contributed by atoms with Crippen LogP contribution in [0, 0.1) is 11.8 Å². The molecule has 0 aliphatic carbocycles. The number of hydrogen-bond acceptors (Lipinski definition) is 3. The van der Waals surface area contributed by atoms with E-state index in [0.29, 0.717) is 12.6 Å². The molecule has 1 rings (SSSR count). The largest absolute Gasteiger partial charge is 0.481 e. The van der Waals surface area contributed by atoms with Crippen molar-refractivity contribution in [1.82, 2.24) is 4.90 Å². The highest BCUT2D eigenvalue weighted by Crippen LogP contribution is 2.28. The fourth-order valence-corrected chi connectivity index (χ4v) is 2.61. The summed E-state index contributed by atoms with van der Waals surface area (Å²) in [4.78, 5) is 13.3. The van der Waals surface area contributed by atoms with E-state index >= 15 is 0 Å². The van der Waals surface area contributed by atoms with E-state index < -0.39 is 5.97 Å². The maximum absolute atomic E-state index is 11.1. The highest BCUT2D eigenvalue weighted by Gasteiger charge is 2.37. The smallest absolute Gasteiger partial charge is 0.308 e. The van der Waals surface area contributed by atoms with Gasteiger partial charge in [-0.05, 0) is 33.1 Å². The van der Waals surface area contributed by atoms with Gasteiger partial charge in [0.1, 0.15) is 0 Å². The Labute approximate surface area is 104 Å². The molecule has 1 aliphatic heterocycles. The Bertz CT molecular complexity index is 278. The third kappa shape index (κ3) is 3.68. The summed E-state index contributed by atoms with van der Waals surface area (Å²) in [7, 11) is 1.72. The van der Waals surface area contributed by atoms with Crippen LogP contribution in [0.2, 0.25) is 0 Å². The van der Waals surface area contributed by atoms with Crippen molar-refractivity contribution in [3.05, 3.63) is 0 Å². The van der Waals surface area contributed by atoms with Gasteiger partial charge in [-0.2, -0.15) is 0 Å². The number of carbonyl (C=O) groups is 1. The topological polar surface area (TPSA) is 49.8 Å². The number of nitrogens with zero attached hydrogens (tertiary/aromatic N) is 1. The molecule has 0 amide bonds. The molecule has 100 valence electrons. The van der Waals surface area contributed by atoms with Crippen LogP contribution in [-0.4, -0.2) is 47.8 Å². The lowest BCUT2D eigenvalue weighted by Gasteiger charge is -2.32. The van der Waals surface area contributed by atoms with Gasteiger partial charge in [0.25, 0.3) is 0 Å². The number of likely N-dealkylation sites (tertiary alicyclic amines) is 1. The van der Waals surface area contributed by atoms with Crippen LogP contribution < -0.4 is 0 Å². The molecule has 0 saturated carbocycles. The maximum Gasteiger partial charge on any atom is 0.308 e. The number of aliphatic carboxylic acids is 1. The Morgan fingerprint density at radius 3 is 2.53 bits per heavy atom. The Balaban J connectivity index is 2.56. The van der Waals surface area contributed by atoms with Gasteiger partial charge < -0.3 is 9.84 Å². The number of carboxylic acids is 1. The fourth-order valence-electron chi connectivity index (χ4n) is 2.61. The molecular formula is C13H25NO3. The van der Waals surface area contributed by atoms with Gasteiger partial charge in [-0.15, -0.1) is 0 Å². The van der Waals surface area contributed by atoms with Crippen LogP contribution >= 0.6 is 0 Å². The molecule has 1 aliphatic rings. The van der Waals surface area contributed by atoms with Crippen molar-refractivity contribution in [3.8, 4) is 0 Å². The van der Waals surface area contributed by atoms with Crippen LogP contribution in [0.25, 0.3) is 0 Å². The van der Waals surface area contributed by atoms with Crippen molar-refractivity contribution in [2.24, 2.45) is 11.8 Å². The summed E-state index contributed by atoms with van der Waals surface area (Å²) < 4.78 is 5.43. The summed E-state index contributed by atoms with van der Waals surface area (Å²) in [6.07, 6.45) is 0.919. The van der Waals surface area contributed by atoms with Gasteiger partial charge >= 0.3 is 5.97 Å². The van der Waals surface area contributed by atoms with Gasteiger partial charge in [-0.1, -0.05) is 6.92 Å². The summed E-state index contributed by atoms with van der Waals surface area (Å²) in [5.41, 5.74) is -0.149. The highest BCUT2D eigenvalue weighted by molar-refractivity contribution is 5.71. The number of ether oxygens (including phenoxy) is 1. The van der Waals surface area contributed by atoms with Gasteiger partial charge in [-0.3, -0.25) is 9.69 Å². The molecule has 1 unspecified atom stereocenters. The first-order valence-electron chi connectivity index (χ1n) is 6.29. The van der Waals surface area contributed by atoms with Crippen molar-refractivity contribution >= 4 is 5.97 Å². The Kier molecular flexibility index (Phi) is 4.55. The van der Waals surface area contributed by atoms with E-state index in [4.69, 9.17) is 9.84 Å². The van der Waals surface area contributed by atoms with Crippen LogP contribution in [0.3, 0.4) is 0 Å². The van der Waals surface area contributed by atoms with Crippen molar-refractivity contribution in [2.45, 2.75) is 45.8 Å². The summed E-state index contributed by atoms with van der Waals surface area (Å²) in [6.45, 7) is 9.84. The normalized spacial score (nSPS) is 28.3. The molecule has 3 atom stereocenters. The predicted molar refractivity (Wildman–Crippen MR) is 67.0 cm³/mol. The summed E-state index contributed by atoms with van der Waals surface area (Å²) in [5, 5.41) is 9.11. The number of rotatable bonds is 5. The van der Waals surface area contributed by atoms with Crippen molar-refractivity contribution in [2.75, 3.05) is 20.2 Å². The minimum absolute atomic E-state index is 0.149. The van der Waals surface area contributed by atoms with Crippen molar-refractivity contribution < 1.29 is 14.6 Å². The minimum Gasteiger partial charge on any atom is -0.481 e. The first-order chi connectivity index (χ1) is 7.76. The molecule has 1 saturated heterocycles. The third-order valence-corrected chi connectivity index (χ3v) is 3.92. The lowest BCUT2D eigenvalue weighted by molar-refractivity contribution is -0.142. The van der Waals surface area contributed by atoms with Crippen molar-refractivity contribution in [3.63, 3.8) is 0 Å². The lowest BCUT2D eigenvalue weighted by Crippen LogP contribution is -2.38. The van der Waals surface area contributed by atoms with E-state index in [0.717, 1.165) is 13.0 Å². The van der Waals surface area contributed by atoms with E-state index in [-0.39, 0.29) is 17.4 Å². The fraction of sp³-hybridized carbons (Fsp3) is 0.923. The van der Waals surface area contributed by atoms with E-state index in [2.05, 4.69) is 25.7 Å². The van der Waals surface area contributed by atoms with Gasteiger partial charge in [0, 0.05) is 26.2 Å². The molecule has 1 fully saturated rings. The molecule has 1 N–H and O–H groups in total. The van der Waals surface area contributed by atoms with E-state index in [1.807, 2.05) is 6.92 Å². The van der Waals surface area contributed by atoms with Crippen LogP contribution in [0.5, 0.6) is 0 Å². The van der Waals surface area contributed by atoms with E-state index in [9.17, 15) is 4.79 Å². The molecule has 0 radical (unpaired) electrons. The molecule has 0 aromatic rings. The molecule has 1 heterocycles. The molecule has 4 nitrogen and oxygen atoms in total. The zero-order chi connectivity index (χ0) is 13.2. The van der Waals surface area contributed by atoms with Crippen LogP contribution in [-0.2, 0) is 9.53 Å². The maximum atomic E-state index is 11.1. The number of methoxy groups -OCH3 is 1. The van der Waals surface area contributed by atoms with Crippen molar-refractivity contribution in [1.29, 1.82) is 0 Å². The standard InChI is InChI=1S/C13H25NO3/c1-9-7-14(8-11(9)12(15)16)10(2)6-13(3,4)17-5/h9-11H,6-8H2,1-5H3,(H,15,16)/t9-,10?,11-/m1/s1. The first-order valence-corrected chi connectivity index (χ1v) is 6.29. The predicted octanol–water partition coefficient (Wildman–Crippen LogP) is 1.84. The van der Waals surface area contributed by atoms with Crippen LogP contribution in [0.1, 0.15) is 34.1 Å². The minimum atomic E-state index is -0.668.